The van der Waals surface area contributed by atoms with Crippen LogP contribution in [0.1, 0.15) is 10.4 Å². The molecule has 0 saturated heterocycles. The molecule has 0 heterocycles. The van der Waals surface area contributed by atoms with Crippen molar-refractivity contribution in [1.29, 1.82) is 0 Å². The molecular weight excluding hydrogens is 401 g/mol. The quantitative estimate of drug-likeness (QED) is 0.533. The Morgan fingerprint density at radius 3 is 2.18 bits per heavy atom. The van der Waals surface area contributed by atoms with Crippen molar-refractivity contribution in [2.24, 2.45) is 0 Å². The summed E-state index contributed by atoms with van der Waals surface area (Å²) in [6.07, 6.45) is 0. The van der Waals surface area contributed by atoms with Crippen molar-refractivity contribution in [3.8, 4) is 11.5 Å². The Hall–Kier alpha value is -3.02. The van der Waals surface area contributed by atoms with Gasteiger partial charge in [0.2, 0.25) is 0 Å². The van der Waals surface area contributed by atoms with Crippen LogP contribution in [0.2, 0.25) is 10.0 Å². The van der Waals surface area contributed by atoms with Crippen LogP contribution in [0.15, 0.2) is 72.8 Å². The maximum absolute atomic E-state index is 12.4. The second-order valence-electron chi connectivity index (χ2n) is 5.63. The zero-order valence-corrected chi connectivity index (χ0v) is 16.0. The predicted molar refractivity (Wildman–Crippen MR) is 108 cm³/mol. The highest BCUT2D eigenvalue weighted by molar-refractivity contribution is 6.39. The lowest BCUT2D eigenvalue weighted by atomic mass is 10.2. The maximum Gasteiger partial charge on any atom is 0.342 e. The second kappa shape index (κ2) is 9.26. The summed E-state index contributed by atoms with van der Waals surface area (Å²) in [6.45, 7) is -0.500. The molecule has 0 spiro atoms. The molecule has 0 radical (unpaired) electrons. The highest BCUT2D eigenvalue weighted by Gasteiger charge is 2.17. The van der Waals surface area contributed by atoms with Gasteiger partial charge in [-0.3, -0.25) is 4.79 Å². The first-order chi connectivity index (χ1) is 13.5. The van der Waals surface area contributed by atoms with Crippen LogP contribution < -0.4 is 10.1 Å². The normalized spacial score (nSPS) is 10.2. The summed E-state index contributed by atoms with van der Waals surface area (Å²) in [4.78, 5) is 24.5. The van der Waals surface area contributed by atoms with Crippen molar-refractivity contribution in [2.75, 3.05) is 11.9 Å². The molecule has 0 fully saturated rings. The number of halogens is 2. The summed E-state index contributed by atoms with van der Waals surface area (Å²) < 4.78 is 10.8. The van der Waals surface area contributed by atoms with E-state index in [0.717, 1.165) is 0 Å². The Bertz CT molecular complexity index is 972. The van der Waals surface area contributed by atoms with Gasteiger partial charge in [0.15, 0.2) is 6.61 Å². The van der Waals surface area contributed by atoms with Crippen LogP contribution in [-0.2, 0) is 9.53 Å². The summed E-state index contributed by atoms with van der Waals surface area (Å²) in [5.41, 5.74) is 0.467. The highest BCUT2D eigenvalue weighted by atomic mass is 35.5. The van der Waals surface area contributed by atoms with Crippen molar-refractivity contribution < 1.29 is 19.1 Å². The highest BCUT2D eigenvalue weighted by Crippen LogP contribution is 2.30. The molecule has 0 atom stereocenters. The number of anilines is 1. The Morgan fingerprint density at radius 1 is 0.821 bits per heavy atom. The van der Waals surface area contributed by atoms with Crippen LogP contribution in [-0.4, -0.2) is 18.5 Å². The minimum absolute atomic E-state index is 0.204. The fourth-order valence-electron chi connectivity index (χ4n) is 2.34. The summed E-state index contributed by atoms with van der Waals surface area (Å²) in [5.74, 6) is -0.348. The molecule has 1 N–H and O–H groups in total. The molecule has 0 aliphatic heterocycles. The van der Waals surface area contributed by atoms with Gasteiger partial charge in [-0.2, -0.15) is 0 Å². The minimum Gasteiger partial charge on any atom is -0.456 e. The van der Waals surface area contributed by atoms with Crippen LogP contribution >= 0.6 is 23.2 Å². The molecule has 5 nitrogen and oxygen atoms in total. The third-order valence-corrected chi connectivity index (χ3v) is 4.27. The van der Waals surface area contributed by atoms with E-state index in [9.17, 15) is 9.59 Å². The zero-order valence-electron chi connectivity index (χ0n) is 14.5. The molecule has 3 aromatic carbocycles. The molecule has 0 saturated carbocycles. The zero-order chi connectivity index (χ0) is 19.9. The summed E-state index contributed by atoms with van der Waals surface area (Å²) in [7, 11) is 0. The second-order valence-corrected chi connectivity index (χ2v) is 6.45. The van der Waals surface area contributed by atoms with E-state index in [1.54, 1.807) is 54.6 Å². The number of nitrogens with one attached hydrogen (secondary N) is 1. The molecule has 3 aromatic rings. The van der Waals surface area contributed by atoms with Crippen LogP contribution in [0.25, 0.3) is 0 Å². The van der Waals surface area contributed by atoms with Gasteiger partial charge in [0.25, 0.3) is 5.91 Å². The molecule has 142 valence electrons. The van der Waals surface area contributed by atoms with E-state index in [2.05, 4.69) is 5.32 Å². The average molecular weight is 416 g/mol. The summed E-state index contributed by atoms with van der Waals surface area (Å²) >= 11 is 12.0. The number of carbonyl (C=O) groups excluding carboxylic acids is 2. The number of para-hydroxylation sites is 3. The van der Waals surface area contributed by atoms with Crippen LogP contribution in [0, 0.1) is 0 Å². The Kier molecular flexibility index (Phi) is 6.53. The Morgan fingerprint density at radius 2 is 1.46 bits per heavy atom. The molecule has 0 bridgehead atoms. The number of ether oxygens (including phenoxy) is 2. The maximum atomic E-state index is 12.4. The predicted octanol–water partition coefficient (Wildman–Crippen LogP) is 5.58. The molecule has 1 amide bonds. The van der Waals surface area contributed by atoms with Crippen molar-refractivity contribution in [3.05, 3.63) is 88.4 Å². The van der Waals surface area contributed by atoms with E-state index in [0.29, 0.717) is 11.5 Å². The molecule has 0 aromatic heterocycles. The number of hydrogen-bond donors (Lipinski definition) is 1. The van der Waals surface area contributed by atoms with Crippen LogP contribution in [0.5, 0.6) is 11.5 Å². The molecule has 28 heavy (non-hydrogen) atoms. The number of benzene rings is 3. The largest absolute Gasteiger partial charge is 0.456 e. The number of carbonyl (C=O) groups is 2. The van der Waals surface area contributed by atoms with Gasteiger partial charge in [0.1, 0.15) is 17.1 Å². The fraction of sp³-hybridized carbons (Fsp3) is 0.0476. The minimum atomic E-state index is -0.688. The average Bonchev–Trinajstić information content (AvgIpc) is 2.70. The lowest BCUT2D eigenvalue weighted by molar-refractivity contribution is -0.119. The molecule has 3 rings (SSSR count). The standard InChI is InChI=1S/C21H15Cl2NO4/c22-16-10-6-11-17(23)20(16)24-19(25)13-27-21(26)15-9-4-5-12-18(15)28-14-7-2-1-3-8-14/h1-12H,13H2,(H,24,25). The van der Waals surface area contributed by atoms with Crippen molar-refractivity contribution >= 4 is 40.8 Å². The Labute approximate surface area is 171 Å². The molecule has 0 aliphatic carbocycles. The molecule has 7 heteroatoms. The van der Waals surface area contributed by atoms with E-state index in [1.165, 1.54) is 0 Å². The van der Waals surface area contributed by atoms with Gasteiger partial charge in [-0.25, -0.2) is 4.79 Å². The van der Waals surface area contributed by atoms with Crippen molar-refractivity contribution in [1.82, 2.24) is 0 Å². The third kappa shape index (κ3) is 5.03. The van der Waals surface area contributed by atoms with Crippen molar-refractivity contribution in [3.63, 3.8) is 0 Å². The van der Waals surface area contributed by atoms with E-state index in [-0.39, 0.29) is 21.3 Å². The van der Waals surface area contributed by atoms with Gasteiger partial charge in [-0.1, -0.05) is 59.6 Å². The van der Waals surface area contributed by atoms with Gasteiger partial charge in [-0.15, -0.1) is 0 Å². The monoisotopic (exact) mass is 415 g/mol. The van der Waals surface area contributed by atoms with Gasteiger partial charge in [0, 0.05) is 0 Å². The van der Waals surface area contributed by atoms with Crippen LogP contribution in [0.3, 0.4) is 0 Å². The number of rotatable bonds is 6. The number of esters is 1. The SMILES string of the molecule is O=C(COC(=O)c1ccccc1Oc1ccccc1)Nc1c(Cl)cccc1Cl. The lowest BCUT2D eigenvalue weighted by Gasteiger charge is -2.12. The summed E-state index contributed by atoms with van der Waals surface area (Å²) in [6, 6.07) is 20.5. The Balaban J connectivity index is 1.64. The van der Waals surface area contributed by atoms with E-state index >= 15 is 0 Å². The lowest BCUT2D eigenvalue weighted by Crippen LogP contribution is -2.21. The third-order valence-electron chi connectivity index (χ3n) is 3.64. The van der Waals surface area contributed by atoms with Crippen LogP contribution in [0.4, 0.5) is 5.69 Å². The first-order valence-corrected chi connectivity index (χ1v) is 9.03. The van der Waals surface area contributed by atoms with Gasteiger partial charge in [-0.05, 0) is 36.4 Å². The number of hydrogen-bond acceptors (Lipinski definition) is 4. The molecular formula is C21H15Cl2NO4. The van der Waals surface area contributed by atoms with E-state index < -0.39 is 18.5 Å². The van der Waals surface area contributed by atoms with Gasteiger partial charge < -0.3 is 14.8 Å². The first-order valence-electron chi connectivity index (χ1n) is 8.27. The van der Waals surface area contributed by atoms with E-state index in [1.807, 2.05) is 18.2 Å². The summed E-state index contributed by atoms with van der Waals surface area (Å²) in [5, 5.41) is 3.10. The number of amides is 1. The van der Waals surface area contributed by atoms with Gasteiger partial charge >= 0.3 is 5.97 Å². The molecule has 0 unspecified atom stereocenters. The van der Waals surface area contributed by atoms with Crippen molar-refractivity contribution in [2.45, 2.75) is 0 Å². The fourth-order valence-corrected chi connectivity index (χ4v) is 2.83. The molecule has 0 aliphatic rings. The first kappa shape index (κ1) is 19.7. The topological polar surface area (TPSA) is 64.6 Å². The smallest absolute Gasteiger partial charge is 0.342 e. The van der Waals surface area contributed by atoms with E-state index in [4.69, 9.17) is 32.7 Å². The van der Waals surface area contributed by atoms with Gasteiger partial charge in [0.05, 0.1) is 15.7 Å².